The minimum Gasteiger partial charge on any atom is -0.503 e. The third-order valence-corrected chi connectivity index (χ3v) is 5.22. The van der Waals surface area contributed by atoms with Crippen molar-refractivity contribution in [2.45, 2.75) is 52.7 Å². The van der Waals surface area contributed by atoms with Crippen LogP contribution in [0.5, 0.6) is 11.5 Å². The van der Waals surface area contributed by atoms with Gasteiger partial charge < -0.3 is 19.9 Å². The summed E-state index contributed by atoms with van der Waals surface area (Å²) in [6.07, 6.45) is 0.753. The fourth-order valence-electron chi connectivity index (χ4n) is 3.59. The lowest BCUT2D eigenvalue weighted by molar-refractivity contribution is -0.151. The van der Waals surface area contributed by atoms with E-state index in [-0.39, 0.29) is 29.1 Å². The van der Waals surface area contributed by atoms with Gasteiger partial charge in [0.15, 0.2) is 17.2 Å². The Balaban J connectivity index is 2.12. The maximum atomic E-state index is 14.1. The number of pyridine rings is 1. The summed E-state index contributed by atoms with van der Waals surface area (Å²) in [4.78, 5) is 28.9. The van der Waals surface area contributed by atoms with Crippen LogP contribution in [0, 0.1) is 18.7 Å². The zero-order valence-electron chi connectivity index (χ0n) is 18.6. The van der Waals surface area contributed by atoms with Gasteiger partial charge in [0.05, 0.1) is 7.11 Å². The van der Waals surface area contributed by atoms with Crippen molar-refractivity contribution in [3.63, 3.8) is 0 Å². The van der Waals surface area contributed by atoms with Crippen LogP contribution in [0.1, 0.15) is 55.2 Å². The van der Waals surface area contributed by atoms with Crippen molar-refractivity contribution in [3.05, 3.63) is 53.1 Å². The number of ether oxygens (including phenoxy) is 2. The Labute approximate surface area is 181 Å². The molecule has 7 nitrogen and oxygen atoms in total. The molecule has 0 aliphatic rings. The molecule has 0 aliphatic carbocycles. The van der Waals surface area contributed by atoms with Gasteiger partial charge in [-0.3, -0.25) is 4.79 Å². The summed E-state index contributed by atoms with van der Waals surface area (Å²) in [5.74, 6) is -2.18. The standard InChI is InChI=1S/C23H29FN2O5/c1-12(2)19(16-8-7-9-17(24)13(16)3)15(5)31-23(29)14(4)26-22(28)20-21(27)18(30-6)10-11-25-20/h7-12,14-15,19,27H,1-6H3,(H,26,28)/t14-,15-,19+/m0/s1. The number of amides is 1. The highest BCUT2D eigenvalue weighted by Crippen LogP contribution is 2.33. The average molecular weight is 432 g/mol. The van der Waals surface area contributed by atoms with Crippen LogP contribution < -0.4 is 10.1 Å². The van der Waals surface area contributed by atoms with Crippen molar-refractivity contribution in [2.24, 2.45) is 5.92 Å². The fourth-order valence-corrected chi connectivity index (χ4v) is 3.59. The van der Waals surface area contributed by atoms with Crippen LogP contribution in [-0.4, -0.2) is 41.2 Å². The first-order valence-electron chi connectivity index (χ1n) is 10.1. The maximum absolute atomic E-state index is 14.1. The van der Waals surface area contributed by atoms with E-state index in [0.717, 1.165) is 5.56 Å². The minimum atomic E-state index is -0.997. The number of hydrogen-bond acceptors (Lipinski definition) is 6. The first-order valence-corrected chi connectivity index (χ1v) is 10.1. The summed E-state index contributed by atoms with van der Waals surface area (Å²) >= 11 is 0. The Morgan fingerprint density at radius 3 is 2.45 bits per heavy atom. The molecule has 0 spiro atoms. The lowest BCUT2D eigenvalue weighted by Gasteiger charge is -2.30. The number of hydrogen-bond donors (Lipinski definition) is 2. The van der Waals surface area contributed by atoms with E-state index in [2.05, 4.69) is 10.3 Å². The van der Waals surface area contributed by atoms with Crippen LogP contribution in [0.4, 0.5) is 4.39 Å². The second-order valence-corrected chi connectivity index (χ2v) is 7.77. The van der Waals surface area contributed by atoms with Crippen LogP contribution in [0.15, 0.2) is 30.5 Å². The topological polar surface area (TPSA) is 97.8 Å². The number of aromatic nitrogens is 1. The molecular weight excluding hydrogens is 403 g/mol. The molecule has 1 heterocycles. The highest BCUT2D eigenvalue weighted by atomic mass is 19.1. The van der Waals surface area contributed by atoms with Gasteiger partial charge in [0.25, 0.3) is 5.91 Å². The van der Waals surface area contributed by atoms with Crippen molar-refractivity contribution in [2.75, 3.05) is 7.11 Å². The van der Waals surface area contributed by atoms with Gasteiger partial charge >= 0.3 is 5.97 Å². The molecule has 2 N–H and O–H groups in total. The molecule has 8 heteroatoms. The van der Waals surface area contributed by atoms with E-state index >= 15 is 0 Å². The molecule has 1 aromatic heterocycles. The summed E-state index contributed by atoms with van der Waals surface area (Å²) in [7, 11) is 1.35. The number of benzene rings is 1. The van der Waals surface area contributed by atoms with E-state index in [4.69, 9.17) is 9.47 Å². The predicted molar refractivity (Wildman–Crippen MR) is 114 cm³/mol. The lowest BCUT2D eigenvalue weighted by atomic mass is 9.82. The fraction of sp³-hybridized carbons (Fsp3) is 0.435. The molecule has 1 aromatic carbocycles. The molecule has 0 saturated heterocycles. The van der Waals surface area contributed by atoms with Crippen LogP contribution in [0.25, 0.3) is 0 Å². The SMILES string of the molecule is COc1ccnc(C(=O)N[C@@H](C)C(=O)O[C@@H](C)[C@H](c2cccc(F)c2C)C(C)C)c1O. The van der Waals surface area contributed by atoms with Gasteiger partial charge in [-0.15, -0.1) is 0 Å². The number of carbonyl (C=O) groups excluding carboxylic acids is 2. The monoisotopic (exact) mass is 432 g/mol. The molecule has 31 heavy (non-hydrogen) atoms. The Morgan fingerprint density at radius 2 is 1.84 bits per heavy atom. The molecule has 1 amide bonds. The molecule has 0 aliphatic heterocycles. The normalized spacial score (nSPS) is 13.9. The Morgan fingerprint density at radius 1 is 1.16 bits per heavy atom. The molecule has 0 unspecified atom stereocenters. The largest absolute Gasteiger partial charge is 0.503 e. The van der Waals surface area contributed by atoms with E-state index in [1.54, 1.807) is 19.9 Å². The van der Waals surface area contributed by atoms with Crippen molar-refractivity contribution in [3.8, 4) is 11.5 Å². The summed E-state index contributed by atoms with van der Waals surface area (Å²) in [5, 5.41) is 12.5. The van der Waals surface area contributed by atoms with E-state index in [1.807, 2.05) is 19.9 Å². The van der Waals surface area contributed by atoms with Crippen molar-refractivity contribution < 1.29 is 28.6 Å². The molecule has 2 rings (SSSR count). The third-order valence-electron chi connectivity index (χ3n) is 5.22. The summed E-state index contributed by atoms with van der Waals surface area (Å²) in [6, 6.07) is 5.27. The Kier molecular flexibility index (Phi) is 7.96. The second kappa shape index (κ2) is 10.2. The van der Waals surface area contributed by atoms with Gasteiger partial charge in [-0.05, 0) is 43.9 Å². The van der Waals surface area contributed by atoms with Crippen LogP contribution in [-0.2, 0) is 9.53 Å². The molecule has 0 fully saturated rings. The Bertz CT molecular complexity index is 948. The molecule has 0 saturated carbocycles. The predicted octanol–water partition coefficient (Wildman–Crippen LogP) is 3.73. The minimum absolute atomic E-state index is 0.0751. The van der Waals surface area contributed by atoms with Crippen LogP contribution in [0.3, 0.4) is 0 Å². The first-order chi connectivity index (χ1) is 14.6. The van der Waals surface area contributed by atoms with E-state index in [1.165, 1.54) is 32.4 Å². The number of methoxy groups -OCH3 is 1. The molecule has 0 bridgehead atoms. The highest BCUT2D eigenvalue weighted by molar-refractivity contribution is 5.97. The number of carbonyl (C=O) groups is 2. The molecular formula is C23H29FN2O5. The first kappa shape index (κ1) is 24.1. The van der Waals surface area contributed by atoms with E-state index in [9.17, 15) is 19.1 Å². The van der Waals surface area contributed by atoms with Gasteiger partial charge in [-0.2, -0.15) is 0 Å². The number of nitrogens with one attached hydrogen (secondary N) is 1. The summed E-state index contributed by atoms with van der Waals surface area (Å²) in [5.41, 5.74) is 1.03. The Hall–Kier alpha value is -3.16. The number of nitrogens with zero attached hydrogens (tertiary/aromatic N) is 1. The van der Waals surface area contributed by atoms with Crippen LogP contribution in [0.2, 0.25) is 0 Å². The molecule has 0 radical (unpaired) electrons. The van der Waals surface area contributed by atoms with Crippen molar-refractivity contribution >= 4 is 11.9 Å². The number of esters is 1. The zero-order valence-corrected chi connectivity index (χ0v) is 18.6. The lowest BCUT2D eigenvalue weighted by Crippen LogP contribution is -2.42. The maximum Gasteiger partial charge on any atom is 0.328 e. The summed E-state index contributed by atoms with van der Waals surface area (Å²) in [6.45, 7) is 8.87. The van der Waals surface area contributed by atoms with E-state index < -0.39 is 29.8 Å². The van der Waals surface area contributed by atoms with Gasteiger partial charge in [0, 0.05) is 18.2 Å². The molecule has 2 aromatic rings. The number of halogens is 1. The number of aromatic hydroxyl groups is 1. The van der Waals surface area contributed by atoms with Gasteiger partial charge in [0.2, 0.25) is 0 Å². The van der Waals surface area contributed by atoms with Gasteiger partial charge in [-0.25, -0.2) is 14.2 Å². The molecule has 168 valence electrons. The molecule has 3 atom stereocenters. The highest BCUT2D eigenvalue weighted by Gasteiger charge is 2.30. The second-order valence-electron chi connectivity index (χ2n) is 7.77. The third kappa shape index (κ3) is 5.51. The number of rotatable bonds is 8. The smallest absolute Gasteiger partial charge is 0.328 e. The van der Waals surface area contributed by atoms with E-state index in [0.29, 0.717) is 5.56 Å². The zero-order chi connectivity index (χ0) is 23.3. The van der Waals surface area contributed by atoms with Gasteiger partial charge in [-0.1, -0.05) is 26.0 Å². The van der Waals surface area contributed by atoms with Crippen LogP contribution >= 0.6 is 0 Å². The quantitative estimate of drug-likeness (QED) is 0.617. The van der Waals surface area contributed by atoms with Crippen molar-refractivity contribution in [1.29, 1.82) is 0 Å². The van der Waals surface area contributed by atoms with Crippen molar-refractivity contribution in [1.82, 2.24) is 10.3 Å². The average Bonchev–Trinajstić information content (AvgIpc) is 2.71. The summed E-state index contributed by atoms with van der Waals surface area (Å²) < 4.78 is 24.6. The van der Waals surface area contributed by atoms with Gasteiger partial charge in [0.1, 0.15) is 18.0 Å².